The first-order valence-corrected chi connectivity index (χ1v) is 8.68. The summed E-state index contributed by atoms with van der Waals surface area (Å²) in [5.41, 5.74) is 5.67. The first-order valence-electron chi connectivity index (χ1n) is 7.89. The Bertz CT molecular complexity index is 698. The minimum atomic E-state index is -0.657. The predicted molar refractivity (Wildman–Crippen MR) is 96.9 cm³/mol. The van der Waals surface area contributed by atoms with E-state index in [1.165, 1.54) is 6.20 Å². The van der Waals surface area contributed by atoms with Crippen LogP contribution in [-0.2, 0) is 4.74 Å². The van der Waals surface area contributed by atoms with Crippen LogP contribution in [0.3, 0.4) is 0 Å². The molecule has 2 atom stereocenters. The first kappa shape index (κ1) is 19.3. The van der Waals surface area contributed by atoms with E-state index >= 15 is 0 Å². The lowest BCUT2D eigenvalue weighted by atomic mass is 10.0. The van der Waals surface area contributed by atoms with Crippen molar-refractivity contribution in [2.45, 2.75) is 44.9 Å². The number of nitrogens with one attached hydrogen (secondary N) is 1. The Morgan fingerprint density at radius 3 is 2.88 bits per heavy atom. The first-order chi connectivity index (χ1) is 11.6. The molecule has 2 heterocycles. The van der Waals surface area contributed by atoms with Gasteiger partial charge in [0, 0.05) is 13.1 Å². The second kappa shape index (κ2) is 7.45. The average molecular weight is 412 g/mol. The van der Waals surface area contributed by atoms with Gasteiger partial charge in [-0.05, 0) is 43.1 Å². The fourth-order valence-corrected chi connectivity index (χ4v) is 3.00. The van der Waals surface area contributed by atoms with Gasteiger partial charge in [-0.1, -0.05) is 0 Å². The number of hydrogen-bond acceptors (Lipinski definition) is 7. The number of anilines is 2. The van der Waals surface area contributed by atoms with Gasteiger partial charge in [0.2, 0.25) is 0 Å². The maximum absolute atomic E-state index is 12.2. The van der Waals surface area contributed by atoms with Crippen LogP contribution in [0.15, 0.2) is 10.7 Å². The van der Waals surface area contributed by atoms with Crippen molar-refractivity contribution in [2.24, 2.45) is 0 Å². The molecule has 8 nitrogen and oxygen atoms in total. The number of rotatable bonds is 2. The molecule has 1 saturated heterocycles. The maximum atomic E-state index is 12.2. The highest BCUT2D eigenvalue weighted by molar-refractivity contribution is 9.10. The third kappa shape index (κ3) is 4.74. The number of likely N-dealkylation sites (tertiary alicyclic amines) is 1. The van der Waals surface area contributed by atoms with Crippen molar-refractivity contribution in [1.29, 1.82) is 5.26 Å². The number of pyridine rings is 1. The Balaban J connectivity index is 2.14. The molecule has 0 radical (unpaired) electrons. The molecule has 0 unspecified atom stereocenters. The SMILES string of the molecule is CC(C)(C)OC(=O)N1CC[C@H](O)[C@H](Nc2ncc(N)c(C#N)c2Br)C1. The molecule has 2 rings (SSSR count). The number of carbonyl (C=O) groups is 1. The number of nitrogens with zero attached hydrogens (tertiary/aromatic N) is 3. The highest BCUT2D eigenvalue weighted by atomic mass is 79.9. The van der Waals surface area contributed by atoms with Crippen LogP contribution >= 0.6 is 15.9 Å². The lowest BCUT2D eigenvalue weighted by molar-refractivity contribution is 0.00691. The van der Waals surface area contributed by atoms with E-state index in [0.29, 0.717) is 23.3 Å². The van der Waals surface area contributed by atoms with Gasteiger partial charge in [0.05, 0.1) is 34.1 Å². The molecule has 0 aliphatic carbocycles. The molecule has 136 valence electrons. The lowest BCUT2D eigenvalue weighted by Crippen LogP contribution is -2.53. The minimum absolute atomic E-state index is 0.260. The summed E-state index contributed by atoms with van der Waals surface area (Å²) in [7, 11) is 0. The number of nitrogens with two attached hydrogens (primary N) is 1. The average Bonchev–Trinajstić information content (AvgIpc) is 2.50. The number of nitriles is 1. The molecule has 1 fully saturated rings. The Hall–Kier alpha value is -2.05. The smallest absolute Gasteiger partial charge is 0.410 e. The summed E-state index contributed by atoms with van der Waals surface area (Å²) < 4.78 is 5.81. The number of aromatic nitrogens is 1. The van der Waals surface area contributed by atoms with Crippen LogP contribution in [0, 0.1) is 11.3 Å². The van der Waals surface area contributed by atoms with Crippen molar-refractivity contribution in [3.63, 3.8) is 0 Å². The molecular formula is C16H22BrN5O3. The third-order valence-electron chi connectivity index (χ3n) is 3.71. The third-order valence-corrected chi connectivity index (χ3v) is 4.48. The summed E-state index contributed by atoms with van der Waals surface area (Å²) in [6.07, 6.45) is 0.713. The number of aliphatic hydroxyl groups excluding tert-OH is 1. The zero-order valence-corrected chi connectivity index (χ0v) is 16.0. The van der Waals surface area contributed by atoms with E-state index < -0.39 is 23.8 Å². The number of hydrogen-bond donors (Lipinski definition) is 3. The van der Waals surface area contributed by atoms with Crippen LogP contribution < -0.4 is 11.1 Å². The lowest BCUT2D eigenvalue weighted by Gasteiger charge is -2.37. The molecule has 1 aromatic rings. The fourth-order valence-electron chi connectivity index (χ4n) is 2.46. The summed E-state index contributed by atoms with van der Waals surface area (Å²) in [4.78, 5) is 18.0. The van der Waals surface area contributed by atoms with Gasteiger partial charge in [-0.2, -0.15) is 5.26 Å². The zero-order valence-electron chi connectivity index (χ0n) is 14.4. The number of aliphatic hydroxyl groups is 1. The molecule has 1 amide bonds. The van der Waals surface area contributed by atoms with Crippen LogP contribution in [0.1, 0.15) is 32.8 Å². The van der Waals surface area contributed by atoms with Crippen molar-refractivity contribution in [1.82, 2.24) is 9.88 Å². The fraction of sp³-hybridized carbons (Fsp3) is 0.562. The summed E-state index contributed by atoms with van der Waals surface area (Å²) in [5.74, 6) is 0.390. The van der Waals surface area contributed by atoms with E-state index in [0.717, 1.165) is 0 Å². The summed E-state index contributed by atoms with van der Waals surface area (Å²) in [5, 5.41) is 22.5. The molecule has 0 bridgehead atoms. The highest BCUT2D eigenvalue weighted by Crippen LogP contribution is 2.29. The van der Waals surface area contributed by atoms with Gasteiger partial charge in [-0.15, -0.1) is 0 Å². The van der Waals surface area contributed by atoms with Crippen LogP contribution in [0.2, 0.25) is 0 Å². The molecule has 1 aromatic heterocycles. The van der Waals surface area contributed by atoms with Crippen molar-refractivity contribution < 1.29 is 14.6 Å². The number of carbonyl (C=O) groups excluding carboxylic acids is 1. The highest BCUT2D eigenvalue weighted by Gasteiger charge is 2.33. The van der Waals surface area contributed by atoms with Crippen LogP contribution in [0.25, 0.3) is 0 Å². The normalized spacial score (nSPS) is 20.7. The molecule has 9 heteroatoms. The molecule has 0 spiro atoms. The zero-order chi connectivity index (χ0) is 18.8. The summed E-state index contributed by atoms with van der Waals surface area (Å²) in [6.45, 7) is 6.08. The van der Waals surface area contributed by atoms with E-state index in [1.807, 2.05) is 6.07 Å². The molecule has 1 aliphatic heterocycles. The summed E-state index contributed by atoms with van der Waals surface area (Å²) >= 11 is 3.31. The van der Waals surface area contributed by atoms with E-state index in [-0.39, 0.29) is 17.8 Å². The Morgan fingerprint density at radius 2 is 2.28 bits per heavy atom. The van der Waals surface area contributed by atoms with Crippen molar-refractivity contribution >= 4 is 33.5 Å². The monoisotopic (exact) mass is 411 g/mol. The van der Waals surface area contributed by atoms with Gasteiger partial charge in [0.25, 0.3) is 0 Å². The second-order valence-electron chi connectivity index (χ2n) is 6.90. The second-order valence-corrected chi connectivity index (χ2v) is 7.69. The number of halogens is 1. The topological polar surface area (TPSA) is 124 Å². The van der Waals surface area contributed by atoms with Crippen molar-refractivity contribution in [3.8, 4) is 6.07 Å². The van der Waals surface area contributed by atoms with Gasteiger partial charge in [-0.25, -0.2) is 9.78 Å². The summed E-state index contributed by atoms with van der Waals surface area (Å²) in [6, 6.07) is 1.56. The standard InChI is InChI=1S/C16H22BrN5O3/c1-16(2,3)25-15(24)22-5-4-12(23)11(8-22)21-14-13(17)9(6-18)10(19)7-20-14/h7,11-12,23H,4-5,8,19H2,1-3H3,(H,20,21)/t11-,12+/m1/s1. The van der Waals surface area contributed by atoms with Gasteiger partial charge in [-0.3, -0.25) is 0 Å². The molecule has 0 aromatic carbocycles. The van der Waals surface area contributed by atoms with Crippen LogP contribution in [-0.4, -0.2) is 51.9 Å². The van der Waals surface area contributed by atoms with E-state index in [2.05, 4.69) is 26.2 Å². The van der Waals surface area contributed by atoms with Crippen LogP contribution in [0.4, 0.5) is 16.3 Å². The minimum Gasteiger partial charge on any atom is -0.444 e. The molecule has 1 aliphatic rings. The molecular weight excluding hydrogens is 390 g/mol. The molecule has 25 heavy (non-hydrogen) atoms. The molecule has 4 N–H and O–H groups in total. The predicted octanol–water partition coefficient (Wildman–Crippen LogP) is 2.08. The quantitative estimate of drug-likeness (QED) is 0.679. The number of piperidine rings is 1. The van der Waals surface area contributed by atoms with Gasteiger partial charge < -0.3 is 25.8 Å². The molecule has 0 saturated carbocycles. The van der Waals surface area contributed by atoms with E-state index in [1.54, 1.807) is 25.7 Å². The van der Waals surface area contributed by atoms with Gasteiger partial charge in [0.15, 0.2) is 0 Å². The number of amides is 1. The van der Waals surface area contributed by atoms with Gasteiger partial charge >= 0.3 is 6.09 Å². The Morgan fingerprint density at radius 1 is 1.60 bits per heavy atom. The van der Waals surface area contributed by atoms with Crippen molar-refractivity contribution in [2.75, 3.05) is 24.1 Å². The maximum Gasteiger partial charge on any atom is 0.410 e. The van der Waals surface area contributed by atoms with Crippen LogP contribution in [0.5, 0.6) is 0 Å². The van der Waals surface area contributed by atoms with Crippen molar-refractivity contribution in [3.05, 3.63) is 16.2 Å². The Kier molecular flexibility index (Phi) is 5.75. The number of ether oxygens (including phenoxy) is 1. The number of nitrogen functional groups attached to an aromatic ring is 1. The largest absolute Gasteiger partial charge is 0.444 e. The van der Waals surface area contributed by atoms with Gasteiger partial charge in [0.1, 0.15) is 17.5 Å². The van der Waals surface area contributed by atoms with E-state index in [4.69, 9.17) is 10.5 Å². The Labute approximate surface area is 155 Å². The van der Waals surface area contributed by atoms with E-state index in [9.17, 15) is 15.2 Å².